The van der Waals surface area contributed by atoms with Gasteiger partial charge in [-0.25, -0.2) is 0 Å². The van der Waals surface area contributed by atoms with Crippen LogP contribution in [0.1, 0.15) is 30.0 Å². The van der Waals surface area contributed by atoms with E-state index >= 15 is 0 Å². The van der Waals surface area contributed by atoms with Crippen LogP contribution in [0.15, 0.2) is 36.5 Å². The molecule has 2 heterocycles. The fraction of sp³-hybridized carbons (Fsp3) is 0.471. The Kier molecular flexibility index (Phi) is 4.71. The maximum atomic E-state index is 10.7. The third-order valence-electron chi connectivity index (χ3n) is 4.65. The van der Waals surface area contributed by atoms with Crippen molar-refractivity contribution in [2.24, 2.45) is 7.05 Å². The lowest BCUT2D eigenvalue weighted by Crippen LogP contribution is -2.36. The van der Waals surface area contributed by atoms with Gasteiger partial charge in [0.15, 0.2) is 0 Å². The molecule has 1 aromatic heterocycles. The summed E-state index contributed by atoms with van der Waals surface area (Å²) in [7, 11) is 2.01. The Balaban J connectivity index is 1.56. The van der Waals surface area contributed by atoms with Crippen molar-refractivity contribution in [3.63, 3.8) is 0 Å². The van der Waals surface area contributed by atoms with Crippen LogP contribution < -0.4 is 0 Å². The van der Waals surface area contributed by atoms with Crippen molar-refractivity contribution in [1.82, 2.24) is 14.7 Å². The van der Waals surface area contributed by atoms with E-state index in [-0.39, 0.29) is 10.6 Å². The zero-order valence-electron chi connectivity index (χ0n) is 13.4. The van der Waals surface area contributed by atoms with E-state index in [0.717, 1.165) is 31.6 Å². The second-order valence-corrected chi connectivity index (χ2v) is 6.19. The molecule has 0 aliphatic carbocycles. The smallest absolute Gasteiger partial charge is 0.269 e. The van der Waals surface area contributed by atoms with Gasteiger partial charge in [0.05, 0.1) is 4.92 Å². The average Bonchev–Trinajstić information content (AvgIpc) is 3.00. The third kappa shape index (κ3) is 3.76. The van der Waals surface area contributed by atoms with Crippen molar-refractivity contribution < 1.29 is 4.92 Å². The van der Waals surface area contributed by atoms with Crippen LogP contribution >= 0.6 is 0 Å². The molecule has 1 atom stereocenters. The average molecular weight is 314 g/mol. The maximum absolute atomic E-state index is 10.7. The number of aromatic nitrogens is 2. The summed E-state index contributed by atoms with van der Waals surface area (Å²) in [6.45, 7) is 3.18. The van der Waals surface area contributed by atoms with Gasteiger partial charge < -0.3 is 4.90 Å². The predicted molar refractivity (Wildman–Crippen MR) is 88.4 cm³/mol. The van der Waals surface area contributed by atoms with Gasteiger partial charge in [-0.15, -0.1) is 0 Å². The van der Waals surface area contributed by atoms with Crippen LogP contribution in [0.2, 0.25) is 0 Å². The Labute approximate surface area is 135 Å². The number of nitro groups is 1. The highest BCUT2D eigenvalue weighted by atomic mass is 16.6. The molecule has 1 fully saturated rings. The molecule has 0 amide bonds. The highest BCUT2D eigenvalue weighted by Gasteiger charge is 2.23. The standard InChI is InChI=1S/C17H22N4O2/c1-19-17(8-10-18-19)15-3-2-11-20(13-15)12-9-14-4-6-16(7-5-14)21(22)23/h4-8,10,15H,2-3,9,11-13H2,1H3/t15-/m0/s1. The van der Waals surface area contributed by atoms with Crippen LogP contribution in [0.5, 0.6) is 0 Å². The second-order valence-electron chi connectivity index (χ2n) is 6.19. The summed E-state index contributed by atoms with van der Waals surface area (Å²) in [6, 6.07) is 9.01. The molecular weight excluding hydrogens is 292 g/mol. The zero-order valence-corrected chi connectivity index (χ0v) is 13.4. The van der Waals surface area contributed by atoms with Crippen LogP contribution in [0.4, 0.5) is 5.69 Å². The monoisotopic (exact) mass is 314 g/mol. The van der Waals surface area contributed by atoms with Crippen LogP contribution in [0, 0.1) is 10.1 Å². The molecule has 0 bridgehead atoms. The Morgan fingerprint density at radius 3 is 2.74 bits per heavy atom. The minimum atomic E-state index is -0.354. The Bertz CT molecular complexity index is 665. The lowest BCUT2D eigenvalue weighted by atomic mass is 9.94. The van der Waals surface area contributed by atoms with Gasteiger partial charge in [-0.1, -0.05) is 12.1 Å². The number of rotatable bonds is 5. The van der Waals surface area contributed by atoms with Crippen LogP contribution in [0.25, 0.3) is 0 Å². The molecule has 6 nitrogen and oxygen atoms in total. The minimum Gasteiger partial charge on any atom is -0.302 e. The molecule has 0 spiro atoms. The van der Waals surface area contributed by atoms with E-state index in [2.05, 4.69) is 16.1 Å². The summed E-state index contributed by atoms with van der Waals surface area (Å²) in [5.41, 5.74) is 2.62. The molecule has 6 heteroatoms. The number of nitro benzene ring substituents is 1. The second kappa shape index (κ2) is 6.91. The first-order valence-corrected chi connectivity index (χ1v) is 8.07. The van der Waals surface area contributed by atoms with E-state index in [1.165, 1.54) is 18.5 Å². The molecule has 2 aromatic rings. The SMILES string of the molecule is Cn1nccc1[C@H]1CCCN(CCc2ccc([N+](=O)[O-])cc2)C1. The molecule has 1 aliphatic heterocycles. The number of hydrogen-bond acceptors (Lipinski definition) is 4. The number of aryl methyl sites for hydroxylation is 1. The maximum Gasteiger partial charge on any atom is 0.269 e. The van der Waals surface area contributed by atoms with E-state index < -0.39 is 0 Å². The van der Waals surface area contributed by atoms with Gasteiger partial charge in [0.25, 0.3) is 5.69 Å². The van der Waals surface area contributed by atoms with E-state index in [1.807, 2.05) is 30.1 Å². The van der Waals surface area contributed by atoms with Gasteiger partial charge in [0, 0.05) is 50.1 Å². The number of piperidine rings is 1. The van der Waals surface area contributed by atoms with Gasteiger partial charge >= 0.3 is 0 Å². The molecule has 0 unspecified atom stereocenters. The van der Waals surface area contributed by atoms with Gasteiger partial charge in [-0.05, 0) is 37.4 Å². The molecule has 1 aromatic carbocycles. The van der Waals surface area contributed by atoms with Crippen LogP contribution in [-0.4, -0.2) is 39.2 Å². The summed E-state index contributed by atoms with van der Waals surface area (Å²) in [5, 5.41) is 15.0. The van der Waals surface area contributed by atoms with Crippen molar-refractivity contribution in [1.29, 1.82) is 0 Å². The summed E-state index contributed by atoms with van der Waals surface area (Å²) < 4.78 is 1.98. The molecule has 3 rings (SSSR count). The van der Waals surface area contributed by atoms with E-state index in [1.54, 1.807) is 12.1 Å². The molecule has 0 N–H and O–H groups in total. The van der Waals surface area contributed by atoms with Crippen molar-refractivity contribution in [3.05, 3.63) is 57.9 Å². The summed E-state index contributed by atoms with van der Waals surface area (Å²) in [5.74, 6) is 0.549. The number of non-ortho nitro benzene ring substituents is 1. The lowest BCUT2D eigenvalue weighted by molar-refractivity contribution is -0.384. The van der Waals surface area contributed by atoms with Gasteiger partial charge in [-0.3, -0.25) is 14.8 Å². The number of hydrogen-bond donors (Lipinski definition) is 0. The van der Waals surface area contributed by atoms with Gasteiger partial charge in [0.1, 0.15) is 0 Å². The van der Waals surface area contributed by atoms with E-state index in [4.69, 9.17) is 0 Å². The summed E-state index contributed by atoms with van der Waals surface area (Å²) >= 11 is 0. The summed E-state index contributed by atoms with van der Waals surface area (Å²) in [6.07, 6.45) is 5.21. The normalized spacial score (nSPS) is 18.9. The number of nitrogens with zero attached hydrogens (tertiary/aromatic N) is 4. The van der Waals surface area contributed by atoms with E-state index in [9.17, 15) is 10.1 Å². The van der Waals surface area contributed by atoms with Crippen molar-refractivity contribution in [3.8, 4) is 0 Å². The topological polar surface area (TPSA) is 64.2 Å². The van der Waals surface area contributed by atoms with Crippen LogP contribution in [-0.2, 0) is 13.5 Å². The lowest BCUT2D eigenvalue weighted by Gasteiger charge is -2.32. The number of likely N-dealkylation sites (tertiary alicyclic amines) is 1. The van der Waals surface area contributed by atoms with Crippen molar-refractivity contribution in [2.75, 3.05) is 19.6 Å². The Morgan fingerprint density at radius 1 is 1.30 bits per heavy atom. The largest absolute Gasteiger partial charge is 0.302 e. The third-order valence-corrected chi connectivity index (χ3v) is 4.65. The summed E-state index contributed by atoms with van der Waals surface area (Å²) in [4.78, 5) is 12.8. The molecule has 1 aliphatic rings. The molecule has 1 saturated heterocycles. The molecule has 122 valence electrons. The van der Waals surface area contributed by atoms with Crippen molar-refractivity contribution >= 4 is 5.69 Å². The molecule has 23 heavy (non-hydrogen) atoms. The number of benzene rings is 1. The van der Waals surface area contributed by atoms with Crippen molar-refractivity contribution in [2.45, 2.75) is 25.2 Å². The fourth-order valence-electron chi connectivity index (χ4n) is 3.36. The molecular formula is C17H22N4O2. The Morgan fingerprint density at radius 2 is 2.09 bits per heavy atom. The van der Waals surface area contributed by atoms with Gasteiger partial charge in [-0.2, -0.15) is 5.10 Å². The fourth-order valence-corrected chi connectivity index (χ4v) is 3.36. The first-order chi connectivity index (χ1) is 11.1. The first-order valence-electron chi connectivity index (χ1n) is 8.07. The highest BCUT2D eigenvalue weighted by Crippen LogP contribution is 2.26. The highest BCUT2D eigenvalue weighted by molar-refractivity contribution is 5.32. The van der Waals surface area contributed by atoms with E-state index in [0.29, 0.717) is 5.92 Å². The molecule has 0 saturated carbocycles. The van der Waals surface area contributed by atoms with Gasteiger partial charge in [0.2, 0.25) is 0 Å². The predicted octanol–water partition coefficient (Wildman–Crippen LogP) is 2.75. The van der Waals surface area contributed by atoms with Crippen LogP contribution in [0.3, 0.4) is 0 Å². The quantitative estimate of drug-likeness (QED) is 0.629. The first kappa shape index (κ1) is 15.7. The minimum absolute atomic E-state index is 0.156. The molecule has 0 radical (unpaired) electrons. The Hall–Kier alpha value is -2.21. The zero-order chi connectivity index (χ0) is 16.2.